The molecule has 0 aromatic heterocycles. The highest BCUT2D eigenvalue weighted by Gasteiger charge is 2.26. The molecule has 0 aliphatic rings. The van der Waals surface area contributed by atoms with E-state index in [0.29, 0.717) is 11.6 Å². The summed E-state index contributed by atoms with van der Waals surface area (Å²) >= 11 is 0. The third-order valence-corrected chi connectivity index (χ3v) is 4.84. The molecule has 0 spiro atoms. The lowest BCUT2D eigenvalue weighted by molar-refractivity contribution is -0.137. The number of halogens is 2. The van der Waals surface area contributed by atoms with E-state index in [1.807, 2.05) is 6.92 Å². The maximum atomic E-state index is 13.7. The second-order valence-corrected chi connectivity index (χ2v) is 6.94. The number of sulfonamides is 1. The van der Waals surface area contributed by atoms with E-state index < -0.39 is 45.0 Å². The van der Waals surface area contributed by atoms with Crippen molar-refractivity contribution in [3.8, 4) is 0 Å². The Morgan fingerprint density at radius 3 is 2.33 bits per heavy atom. The highest BCUT2D eigenvalue weighted by molar-refractivity contribution is 7.89. The highest BCUT2D eigenvalue weighted by Crippen LogP contribution is 2.22. The molecule has 0 saturated carbocycles. The molecule has 2 aromatic rings. The fourth-order valence-corrected chi connectivity index (χ4v) is 3.43. The molecule has 0 saturated heterocycles. The van der Waals surface area contributed by atoms with E-state index in [1.54, 1.807) is 24.3 Å². The van der Waals surface area contributed by atoms with Crippen LogP contribution in [-0.2, 0) is 14.8 Å². The predicted octanol–water partition coefficient (Wildman–Crippen LogP) is 2.77. The van der Waals surface area contributed by atoms with Crippen molar-refractivity contribution in [1.29, 1.82) is 0 Å². The molecule has 8 heteroatoms. The minimum Gasteiger partial charge on any atom is -0.481 e. The Hall–Kier alpha value is -2.32. The fourth-order valence-electron chi connectivity index (χ4n) is 2.14. The Morgan fingerprint density at radius 2 is 1.79 bits per heavy atom. The number of aryl methyl sites for hydroxylation is 1. The Bertz CT molecular complexity index is 851. The molecule has 0 unspecified atom stereocenters. The topological polar surface area (TPSA) is 83.5 Å². The van der Waals surface area contributed by atoms with E-state index in [1.165, 1.54) is 0 Å². The zero-order valence-electron chi connectivity index (χ0n) is 12.7. The van der Waals surface area contributed by atoms with Crippen molar-refractivity contribution >= 4 is 16.0 Å². The number of benzene rings is 2. The number of carboxylic acid groups (broad SMARTS) is 1. The molecule has 0 fully saturated rings. The van der Waals surface area contributed by atoms with Crippen LogP contribution in [-0.4, -0.2) is 19.5 Å². The third kappa shape index (κ3) is 4.36. The minimum absolute atomic E-state index is 0.425. The van der Waals surface area contributed by atoms with Gasteiger partial charge in [-0.3, -0.25) is 4.79 Å². The molecule has 2 rings (SSSR count). The molecule has 24 heavy (non-hydrogen) atoms. The van der Waals surface area contributed by atoms with Gasteiger partial charge in [0.05, 0.1) is 12.5 Å². The monoisotopic (exact) mass is 355 g/mol. The van der Waals surface area contributed by atoms with E-state index >= 15 is 0 Å². The van der Waals surface area contributed by atoms with Crippen LogP contribution in [0, 0.1) is 18.6 Å². The molecule has 0 bridgehead atoms. The summed E-state index contributed by atoms with van der Waals surface area (Å²) in [7, 11) is -4.37. The molecule has 0 aliphatic carbocycles. The second-order valence-electron chi connectivity index (χ2n) is 5.26. The average molecular weight is 355 g/mol. The Labute approximate surface area is 138 Å². The Balaban J connectivity index is 2.37. The fraction of sp³-hybridized carbons (Fsp3) is 0.188. The van der Waals surface area contributed by atoms with Crippen LogP contribution in [0.4, 0.5) is 8.78 Å². The zero-order valence-corrected chi connectivity index (χ0v) is 13.5. The van der Waals surface area contributed by atoms with Gasteiger partial charge in [0.15, 0.2) is 0 Å². The summed E-state index contributed by atoms with van der Waals surface area (Å²) in [6.45, 7) is 1.83. The summed E-state index contributed by atoms with van der Waals surface area (Å²) in [5.74, 6) is -3.38. The SMILES string of the molecule is Cc1ccc([C@H](CC(=O)O)NS(=O)(=O)c2ccc(F)cc2F)cc1. The number of carboxylic acids is 1. The van der Waals surface area contributed by atoms with E-state index in [2.05, 4.69) is 4.72 Å². The smallest absolute Gasteiger partial charge is 0.305 e. The van der Waals surface area contributed by atoms with Crippen molar-refractivity contribution in [2.75, 3.05) is 0 Å². The zero-order chi connectivity index (χ0) is 17.9. The van der Waals surface area contributed by atoms with Crippen LogP contribution in [0.15, 0.2) is 47.4 Å². The largest absolute Gasteiger partial charge is 0.481 e. The lowest BCUT2D eigenvalue weighted by Crippen LogP contribution is -2.31. The van der Waals surface area contributed by atoms with Gasteiger partial charge in [0.25, 0.3) is 0 Å². The van der Waals surface area contributed by atoms with Crippen LogP contribution in [0.2, 0.25) is 0 Å². The van der Waals surface area contributed by atoms with E-state index in [-0.39, 0.29) is 0 Å². The first-order chi connectivity index (χ1) is 11.2. The van der Waals surface area contributed by atoms with Gasteiger partial charge in [0, 0.05) is 6.07 Å². The van der Waals surface area contributed by atoms with Gasteiger partial charge < -0.3 is 5.11 Å². The third-order valence-electron chi connectivity index (χ3n) is 3.34. The van der Waals surface area contributed by atoms with Crippen LogP contribution in [0.5, 0.6) is 0 Å². The van der Waals surface area contributed by atoms with Gasteiger partial charge in [-0.25, -0.2) is 21.9 Å². The van der Waals surface area contributed by atoms with Gasteiger partial charge in [-0.05, 0) is 24.6 Å². The lowest BCUT2D eigenvalue weighted by atomic mass is 10.0. The number of nitrogens with one attached hydrogen (secondary N) is 1. The Morgan fingerprint density at radius 1 is 1.17 bits per heavy atom. The minimum atomic E-state index is -4.37. The van der Waals surface area contributed by atoms with Crippen molar-refractivity contribution in [1.82, 2.24) is 4.72 Å². The van der Waals surface area contributed by atoms with E-state index in [9.17, 15) is 22.0 Å². The predicted molar refractivity (Wildman–Crippen MR) is 82.9 cm³/mol. The van der Waals surface area contributed by atoms with Crippen molar-refractivity contribution in [2.24, 2.45) is 0 Å². The molecule has 128 valence electrons. The lowest BCUT2D eigenvalue weighted by Gasteiger charge is -2.18. The maximum Gasteiger partial charge on any atom is 0.305 e. The number of carbonyl (C=O) groups is 1. The average Bonchev–Trinajstić information content (AvgIpc) is 2.46. The molecule has 0 amide bonds. The van der Waals surface area contributed by atoms with E-state index in [0.717, 1.165) is 17.7 Å². The molecule has 2 aromatic carbocycles. The van der Waals surface area contributed by atoms with Crippen LogP contribution in [0.1, 0.15) is 23.6 Å². The molecule has 0 heterocycles. The number of hydrogen-bond donors (Lipinski definition) is 2. The molecule has 1 atom stereocenters. The summed E-state index contributed by atoms with van der Waals surface area (Å²) in [5.41, 5.74) is 1.34. The summed E-state index contributed by atoms with van der Waals surface area (Å²) in [6.07, 6.45) is -0.523. The van der Waals surface area contributed by atoms with Crippen molar-refractivity contribution in [3.63, 3.8) is 0 Å². The Kier molecular flexibility index (Phi) is 5.30. The van der Waals surface area contributed by atoms with Crippen molar-refractivity contribution in [2.45, 2.75) is 24.3 Å². The van der Waals surface area contributed by atoms with Gasteiger partial charge >= 0.3 is 5.97 Å². The highest BCUT2D eigenvalue weighted by atomic mass is 32.2. The summed E-state index contributed by atoms with van der Waals surface area (Å²) in [6, 6.07) is 7.56. The van der Waals surface area contributed by atoms with Crippen LogP contribution >= 0.6 is 0 Å². The first kappa shape index (κ1) is 18.0. The summed E-state index contributed by atoms with van der Waals surface area (Å²) in [4.78, 5) is 10.3. The second kappa shape index (κ2) is 7.06. The van der Waals surface area contributed by atoms with Crippen molar-refractivity contribution < 1.29 is 27.1 Å². The summed E-state index contributed by atoms with van der Waals surface area (Å²) < 4.78 is 53.5. The molecule has 0 radical (unpaired) electrons. The van der Waals surface area contributed by atoms with Crippen molar-refractivity contribution in [3.05, 3.63) is 65.2 Å². The quantitative estimate of drug-likeness (QED) is 0.835. The molecule has 5 nitrogen and oxygen atoms in total. The number of hydrogen-bond acceptors (Lipinski definition) is 3. The van der Waals surface area contributed by atoms with Gasteiger partial charge in [0.1, 0.15) is 16.5 Å². The van der Waals surface area contributed by atoms with E-state index in [4.69, 9.17) is 5.11 Å². The first-order valence-corrected chi connectivity index (χ1v) is 8.43. The standard InChI is InChI=1S/C16H15F2NO4S/c1-10-2-4-11(5-3-10)14(9-16(20)21)19-24(22,23)15-7-6-12(17)8-13(15)18/h2-8,14,19H,9H2,1H3,(H,20,21)/t14-/m0/s1. The van der Waals surface area contributed by atoms with Gasteiger partial charge in [-0.15, -0.1) is 0 Å². The van der Waals surface area contributed by atoms with Gasteiger partial charge in [0.2, 0.25) is 10.0 Å². The number of rotatable bonds is 6. The number of aliphatic carboxylic acids is 1. The van der Waals surface area contributed by atoms with Crippen LogP contribution < -0.4 is 4.72 Å². The van der Waals surface area contributed by atoms with Gasteiger partial charge in [-0.1, -0.05) is 29.8 Å². The summed E-state index contributed by atoms with van der Waals surface area (Å²) in [5, 5.41) is 9.00. The van der Waals surface area contributed by atoms with Gasteiger partial charge in [-0.2, -0.15) is 0 Å². The van der Waals surface area contributed by atoms with Crippen LogP contribution in [0.3, 0.4) is 0 Å². The molecular formula is C16H15F2NO4S. The normalized spacial score (nSPS) is 12.8. The molecular weight excluding hydrogens is 340 g/mol. The first-order valence-electron chi connectivity index (χ1n) is 6.95. The van der Waals surface area contributed by atoms with Crippen LogP contribution in [0.25, 0.3) is 0 Å². The molecule has 0 aliphatic heterocycles. The molecule has 2 N–H and O–H groups in total. The maximum absolute atomic E-state index is 13.7.